The zero-order valence-corrected chi connectivity index (χ0v) is 13.6. The molecule has 3 rings (SSSR count). The molecule has 2 aliphatic rings. The van der Waals surface area contributed by atoms with E-state index < -0.39 is 0 Å². The lowest BCUT2D eigenvalue weighted by atomic mass is 9.75. The van der Waals surface area contributed by atoms with Crippen LogP contribution in [0.25, 0.3) is 0 Å². The lowest BCUT2D eigenvalue weighted by Crippen LogP contribution is -2.45. The average Bonchev–Trinajstić information content (AvgIpc) is 3.18. The van der Waals surface area contributed by atoms with Crippen LogP contribution in [-0.4, -0.2) is 30.6 Å². The summed E-state index contributed by atoms with van der Waals surface area (Å²) < 4.78 is 0. The van der Waals surface area contributed by atoms with Gasteiger partial charge in [-0.05, 0) is 73.0 Å². The molecule has 0 radical (unpaired) electrons. The summed E-state index contributed by atoms with van der Waals surface area (Å²) >= 11 is 1.83. The number of nitrogens with zero attached hydrogens (tertiary/aromatic N) is 1. The Morgan fingerprint density at radius 1 is 1.35 bits per heavy atom. The number of rotatable bonds is 7. The van der Waals surface area contributed by atoms with Crippen molar-refractivity contribution in [3.63, 3.8) is 0 Å². The van der Waals surface area contributed by atoms with Crippen molar-refractivity contribution in [1.29, 1.82) is 0 Å². The molecule has 0 spiro atoms. The molecule has 2 heterocycles. The molecule has 1 aromatic rings. The van der Waals surface area contributed by atoms with E-state index in [0.717, 1.165) is 6.04 Å². The summed E-state index contributed by atoms with van der Waals surface area (Å²) in [6, 6.07) is 3.17. The Balaban J connectivity index is 1.67. The van der Waals surface area contributed by atoms with E-state index in [2.05, 4.69) is 34.0 Å². The zero-order valence-electron chi connectivity index (χ0n) is 12.7. The van der Waals surface area contributed by atoms with Gasteiger partial charge in [0.1, 0.15) is 0 Å². The second kappa shape index (κ2) is 6.59. The van der Waals surface area contributed by atoms with Gasteiger partial charge in [0, 0.05) is 19.1 Å². The summed E-state index contributed by atoms with van der Waals surface area (Å²) in [7, 11) is 0. The molecule has 2 fully saturated rings. The summed E-state index contributed by atoms with van der Waals surface area (Å²) in [5.74, 6) is 0. The fraction of sp³-hybridized carbons (Fsp3) is 0.765. The molecule has 0 unspecified atom stereocenters. The van der Waals surface area contributed by atoms with Gasteiger partial charge in [0.15, 0.2) is 0 Å². The number of hydrogen-bond donors (Lipinski definition) is 1. The van der Waals surface area contributed by atoms with Crippen LogP contribution in [0.3, 0.4) is 0 Å². The molecule has 1 aromatic heterocycles. The molecule has 0 atom stereocenters. The maximum absolute atomic E-state index is 3.54. The van der Waals surface area contributed by atoms with Crippen molar-refractivity contribution in [2.75, 3.05) is 19.6 Å². The first-order chi connectivity index (χ1) is 9.81. The fourth-order valence-electron chi connectivity index (χ4n) is 3.78. The van der Waals surface area contributed by atoms with Gasteiger partial charge in [0.25, 0.3) is 0 Å². The second-order valence-corrected chi connectivity index (χ2v) is 7.55. The summed E-state index contributed by atoms with van der Waals surface area (Å²) in [5, 5.41) is 8.08. The van der Waals surface area contributed by atoms with E-state index in [0.29, 0.717) is 5.41 Å². The Kier molecular flexibility index (Phi) is 4.79. The largest absolute Gasteiger partial charge is 0.317 e. The minimum atomic E-state index is 0.582. The molecule has 0 amide bonds. The third-order valence-electron chi connectivity index (χ3n) is 5.01. The maximum Gasteiger partial charge on any atom is 0.0245 e. The summed E-state index contributed by atoms with van der Waals surface area (Å²) in [4.78, 5) is 2.79. The van der Waals surface area contributed by atoms with Gasteiger partial charge in [-0.3, -0.25) is 4.90 Å². The van der Waals surface area contributed by atoms with Crippen LogP contribution in [0.15, 0.2) is 16.8 Å². The summed E-state index contributed by atoms with van der Waals surface area (Å²) in [5.41, 5.74) is 2.10. The van der Waals surface area contributed by atoms with E-state index in [1.165, 1.54) is 70.3 Å². The Bertz CT molecular complexity index is 386. The van der Waals surface area contributed by atoms with Crippen molar-refractivity contribution >= 4 is 11.3 Å². The lowest BCUT2D eigenvalue weighted by molar-refractivity contribution is 0.0911. The van der Waals surface area contributed by atoms with Gasteiger partial charge in [-0.2, -0.15) is 11.3 Å². The Morgan fingerprint density at radius 3 is 2.75 bits per heavy atom. The Labute approximate surface area is 127 Å². The number of thiophene rings is 1. The highest BCUT2D eigenvalue weighted by molar-refractivity contribution is 7.07. The fourth-order valence-corrected chi connectivity index (χ4v) is 4.44. The van der Waals surface area contributed by atoms with Gasteiger partial charge in [0.05, 0.1) is 0 Å². The third kappa shape index (κ3) is 3.63. The molecule has 1 N–H and O–H groups in total. The monoisotopic (exact) mass is 292 g/mol. The Morgan fingerprint density at radius 2 is 2.15 bits per heavy atom. The van der Waals surface area contributed by atoms with Gasteiger partial charge in [-0.1, -0.05) is 13.3 Å². The van der Waals surface area contributed by atoms with Crippen molar-refractivity contribution in [2.24, 2.45) is 5.41 Å². The predicted octanol–water partition coefficient (Wildman–Crippen LogP) is 3.88. The van der Waals surface area contributed by atoms with E-state index >= 15 is 0 Å². The second-order valence-electron chi connectivity index (χ2n) is 6.77. The summed E-state index contributed by atoms with van der Waals surface area (Å²) in [6.07, 6.45) is 8.31. The molecule has 1 aliphatic heterocycles. The van der Waals surface area contributed by atoms with Crippen LogP contribution >= 0.6 is 11.3 Å². The maximum atomic E-state index is 3.54. The molecule has 20 heavy (non-hydrogen) atoms. The first-order valence-electron chi connectivity index (χ1n) is 8.27. The molecule has 1 saturated carbocycles. The van der Waals surface area contributed by atoms with E-state index in [-0.39, 0.29) is 0 Å². The number of hydrogen-bond acceptors (Lipinski definition) is 3. The van der Waals surface area contributed by atoms with Crippen molar-refractivity contribution in [2.45, 2.75) is 58.0 Å². The van der Waals surface area contributed by atoms with Gasteiger partial charge in [0.2, 0.25) is 0 Å². The van der Waals surface area contributed by atoms with Crippen LogP contribution in [0.1, 0.15) is 51.0 Å². The van der Waals surface area contributed by atoms with Crippen LogP contribution in [0, 0.1) is 5.41 Å². The van der Waals surface area contributed by atoms with Gasteiger partial charge >= 0.3 is 0 Å². The SMILES string of the molecule is CCCC1(CN(Cc2ccsc2)C2CC2)CCNCC1. The Hall–Kier alpha value is -0.380. The highest BCUT2D eigenvalue weighted by Crippen LogP contribution is 2.39. The van der Waals surface area contributed by atoms with E-state index in [9.17, 15) is 0 Å². The average molecular weight is 292 g/mol. The molecular formula is C17H28N2S. The molecule has 112 valence electrons. The normalized spacial score (nSPS) is 22.3. The van der Waals surface area contributed by atoms with Crippen molar-refractivity contribution < 1.29 is 0 Å². The minimum absolute atomic E-state index is 0.582. The first-order valence-corrected chi connectivity index (χ1v) is 9.21. The van der Waals surface area contributed by atoms with Crippen LogP contribution in [-0.2, 0) is 6.54 Å². The van der Waals surface area contributed by atoms with Gasteiger partial charge < -0.3 is 5.32 Å². The smallest absolute Gasteiger partial charge is 0.0245 e. The predicted molar refractivity (Wildman–Crippen MR) is 87.2 cm³/mol. The lowest BCUT2D eigenvalue weighted by Gasteiger charge is -2.41. The van der Waals surface area contributed by atoms with E-state index in [1.54, 1.807) is 0 Å². The van der Waals surface area contributed by atoms with Crippen LogP contribution in [0.5, 0.6) is 0 Å². The summed E-state index contributed by atoms with van der Waals surface area (Å²) in [6.45, 7) is 7.29. The van der Waals surface area contributed by atoms with Crippen molar-refractivity contribution in [3.05, 3.63) is 22.4 Å². The van der Waals surface area contributed by atoms with Gasteiger partial charge in [-0.25, -0.2) is 0 Å². The quantitative estimate of drug-likeness (QED) is 0.820. The number of piperidine rings is 1. The molecule has 1 aliphatic carbocycles. The van der Waals surface area contributed by atoms with Gasteiger partial charge in [-0.15, -0.1) is 0 Å². The molecule has 0 aromatic carbocycles. The van der Waals surface area contributed by atoms with Crippen LogP contribution in [0.2, 0.25) is 0 Å². The first kappa shape index (κ1) is 14.6. The molecule has 3 heteroatoms. The highest BCUT2D eigenvalue weighted by Gasteiger charge is 2.37. The van der Waals surface area contributed by atoms with Crippen molar-refractivity contribution in [3.8, 4) is 0 Å². The minimum Gasteiger partial charge on any atom is -0.317 e. The van der Waals surface area contributed by atoms with Crippen molar-refractivity contribution in [1.82, 2.24) is 10.2 Å². The molecule has 1 saturated heterocycles. The van der Waals surface area contributed by atoms with Crippen LogP contribution < -0.4 is 5.32 Å². The zero-order chi connectivity index (χ0) is 13.8. The molecule has 2 nitrogen and oxygen atoms in total. The molecular weight excluding hydrogens is 264 g/mol. The third-order valence-corrected chi connectivity index (χ3v) is 5.74. The number of nitrogens with one attached hydrogen (secondary N) is 1. The van der Waals surface area contributed by atoms with E-state index in [1.807, 2.05) is 11.3 Å². The van der Waals surface area contributed by atoms with Crippen LogP contribution in [0.4, 0.5) is 0 Å². The highest BCUT2D eigenvalue weighted by atomic mass is 32.1. The molecule has 0 bridgehead atoms. The van der Waals surface area contributed by atoms with E-state index in [4.69, 9.17) is 0 Å². The standard InChI is InChI=1S/C17H28N2S/c1-2-6-17(7-9-18-10-8-17)14-19(16-3-4-16)12-15-5-11-20-13-15/h5,11,13,16,18H,2-4,6-10,12,14H2,1H3. The topological polar surface area (TPSA) is 15.3 Å².